The summed E-state index contributed by atoms with van der Waals surface area (Å²) in [5.41, 5.74) is 1.09. The lowest BCUT2D eigenvalue weighted by Crippen LogP contribution is -2.56. The molecule has 0 amide bonds. The summed E-state index contributed by atoms with van der Waals surface area (Å²) in [4.78, 5) is 6.19. The summed E-state index contributed by atoms with van der Waals surface area (Å²) >= 11 is 0. The van der Waals surface area contributed by atoms with Crippen molar-refractivity contribution in [2.75, 3.05) is 26.2 Å². The lowest BCUT2D eigenvalue weighted by molar-refractivity contribution is 0.0953. The molecule has 104 valence electrons. The van der Waals surface area contributed by atoms with Gasteiger partial charge in [0.1, 0.15) is 0 Å². The van der Waals surface area contributed by atoms with E-state index in [4.69, 9.17) is 4.74 Å². The first kappa shape index (κ1) is 14.5. The van der Waals surface area contributed by atoms with Gasteiger partial charge in [0, 0.05) is 44.7 Å². The van der Waals surface area contributed by atoms with E-state index in [1.54, 1.807) is 6.20 Å². The summed E-state index contributed by atoms with van der Waals surface area (Å²) < 4.78 is 5.67. The van der Waals surface area contributed by atoms with Gasteiger partial charge in [0.2, 0.25) is 0 Å². The number of pyridine rings is 1. The van der Waals surface area contributed by atoms with Gasteiger partial charge in [0.05, 0.1) is 6.61 Å². The number of aromatic nitrogens is 1. The Morgan fingerprint density at radius 3 is 3.26 bits per heavy atom. The van der Waals surface area contributed by atoms with Gasteiger partial charge >= 0.3 is 7.05 Å². The van der Waals surface area contributed by atoms with E-state index in [-0.39, 0.29) is 7.05 Å². The standard InChI is InChI=1S/C13H22BN3O2/c1-14(18)17-7-6-16-10-13(17)4-8-19-11-12-3-2-5-15-9-12/h2-3,5,9,13,16,18H,4,6-8,10-11H2,1H3/t13-/m0/s1. The van der Waals surface area contributed by atoms with Crippen molar-refractivity contribution in [3.05, 3.63) is 30.1 Å². The second-order valence-corrected chi connectivity index (χ2v) is 4.93. The maximum absolute atomic E-state index is 9.73. The Morgan fingerprint density at radius 1 is 1.63 bits per heavy atom. The molecule has 1 aliphatic rings. The van der Waals surface area contributed by atoms with E-state index < -0.39 is 0 Å². The highest BCUT2D eigenvalue weighted by Crippen LogP contribution is 2.09. The summed E-state index contributed by atoms with van der Waals surface area (Å²) in [6, 6.07) is 4.28. The molecule has 1 fully saturated rings. The third-order valence-corrected chi connectivity index (χ3v) is 3.46. The maximum atomic E-state index is 9.73. The number of nitrogens with zero attached hydrogens (tertiary/aromatic N) is 2. The van der Waals surface area contributed by atoms with Crippen molar-refractivity contribution in [2.24, 2.45) is 0 Å². The van der Waals surface area contributed by atoms with Gasteiger partial charge in [-0.2, -0.15) is 0 Å². The molecule has 0 spiro atoms. The summed E-state index contributed by atoms with van der Waals surface area (Å²) in [6.45, 7) is 5.88. The molecule has 1 saturated heterocycles. The number of piperazine rings is 1. The zero-order valence-corrected chi connectivity index (χ0v) is 11.5. The molecule has 6 heteroatoms. The number of hydrogen-bond acceptors (Lipinski definition) is 5. The molecule has 2 heterocycles. The molecule has 1 aliphatic heterocycles. The first-order valence-corrected chi connectivity index (χ1v) is 6.88. The van der Waals surface area contributed by atoms with E-state index in [1.165, 1.54) is 0 Å². The van der Waals surface area contributed by atoms with Crippen LogP contribution in [0.4, 0.5) is 0 Å². The van der Waals surface area contributed by atoms with E-state index in [2.05, 4.69) is 15.1 Å². The smallest absolute Gasteiger partial charge is 0.376 e. The van der Waals surface area contributed by atoms with Crippen molar-refractivity contribution < 1.29 is 9.76 Å². The Labute approximate surface area is 115 Å². The van der Waals surface area contributed by atoms with Gasteiger partial charge in [0.25, 0.3) is 0 Å². The third kappa shape index (κ3) is 4.58. The molecule has 0 aromatic carbocycles. The van der Waals surface area contributed by atoms with Gasteiger partial charge in [-0.1, -0.05) is 6.07 Å². The SMILES string of the molecule is CB(O)N1CCNC[C@@H]1CCOCc1cccnc1. The Morgan fingerprint density at radius 2 is 2.53 bits per heavy atom. The Bertz CT molecular complexity index is 364. The molecule has 5 nitrogen and oxygen atoms in total. The van der Waals surface area contributed by atoms with E-state index in [1.807, 2.05) is 25.2 Å². The fraction of sp³-hybridized carbons (Fsp3) is 0.615. The Balaban J connectivity index is 1.69. The van der Waals surface area contributed by atoms with Crippen LogP contribution in [0.15, 0.2) is 24.5 Å². The number of nitrogens with one attached hydrogen (secondary N) is 1. The molecule has 0 radical (unpaired) electrons. The predicted octanol–water partition coefficient (Wildman–Crippen LogP) is 0.372. The number of hydrogen-bond donors (Lipinski definition) is 2. The normalized spacial score (nSPS) is 20.4. The highest BCUT2D eigenvalue weighted by molar-refractivity contribution is 6.45. The minimum absolute atomic E-state index is 0.350. The maximum Gasteiger partial charge on any atom is 0.376 e. The van der Waals surface area contributed by atoms with Crippen molar-refractivity contribution in [1.82, 2.24) is 15.1 Å². The van der Waals surface area contributed by atoms with Crippen LogP contribution in [-0.2, 0) is 11.3 Å². The van der Waals surface area contributed by atoms with E-state index in [0.29, 0.717) is 19.3 Å². The summed E-state index contributed by atoms with van der Waals surface area (Å²) in [7, 11) is -0.384. The van der Waals surface area contributed by atoms with Crippen LogP contribution in [0.5, 0.6) is 0 Å². The zero-order valence-electron chi connectivity index (χ0n) is 11.5. The lowest BCUT2D eigenvalue weighted by Gasteiger charge is -2.37. The number of ether oxygens (including phenoxy) is 1. The van der Waals surface area contributed by atoms with E-state index in [9.17, 15) is 5.02 Å². The van der Waals surface area contributed by atoms with E-state index in [0.717, 1.165) is 31.6 Å². The molecule has 0 aliphatic carbocycles. The average Bonchev–Trinajstić information content (AvgIpc) is 2.45. The van der Waals surface area contributed by atoms with Gasteiger partial charge in [-0.25, -0.2) is 0 Å². The van der Waals surface area contributed by atoms with Crippen molar-refractivity contribution in [3.63, 3.8) is 0 Å². The van der Waals surface area contributed by atoms with Crippen LogP contribution in [0.3, 0.4) is 0 Å². The lowest BCUT2D eigenvalue weighted by atomic mass is 9.81. The van der Waals surface area contributed by atoms with Crippen molar-refractivity contribution in [1.29, 1.82) is 0 Å². The molecule has 0 saturated carbocycles. The Kier molecular flexibility index (Phi) is 5.78. The first-order chi connectivity index (χ1) is 9.27. The molecule has 19 heavy (non-hydrogen) atoms. The molecule has 0 unspecified atom stereocenters. The Hall–Kier alpha value is -0.945. The van der Waals surface area contributed by atoms with Gasteiger partial charge in [0.15, 0.2) is 0 Å². The topological polar surface area (TPSA) is 57.6 Å². The molecule has 2 N–H and O–H groups in total. The van der Waals surface area contributed by atoms with Crippen molar-refractivity contribution >= 4 is 7.05 Å². The number of rotatable bonds is 6. The zero-order chi connectivity index (χ0) is 13.5. The largest absolute Gasteiger partial charge is 0.437 e. The third-order valence-electron chi connectivity index (χ3n) is 3.46. The van der Waals surface area contributed by atoms with Crippen LogP contribution in [0.2, 0.25) is 6.82 Å². The average molecular weight is 263 g/mol. The molecular weight excluding hydrogens is 241 g/mol. The minimum Gasteiger partial charge on any atom is -0.437 e. The van der Waals surface area contributed by atoms with Crippen LogP contribution in [0.1, 0.15) is 12.0 Å². The fourth-order valence-electron chi connectivity index (χ4n) is 2.43. The van der Waals surface area contributed by atoms with E-state index >= 15 is 0 Å². The van der Waals surface area contributed by atoms with Gasteiger partial charge < -0.3 is 19.9 Å². The highest BCUT2D eigenvalue weighted by Gasteiger charge is 2.27. The fourth-order valence-corrected chi connectivity index (χ4v) is 2.43. The second-order valence-electron chi connectivity index (χ2n) is 4.93. The van der Waals surface area contributed by atoms with Gasteiger partial charge in [-0.3, -0.25) is 4.98 Å². The van der Waals surface area contributed by atoms with Gasteiger partial charge in [-0.15, -0.1) is 0 Å². The van der Waals surface area contributed by atoms with Crippen LogP contribution in [-0.4, -0.2) is 54.2 Å². The van der Waals surface area contributed by atoms with Gasteiger partial charge in [-0.05, 0) is 24.9 Å². The molecule has 1 aromatic heterocycles. The first-order valence-electron chi connectivity index (χ1n) is 6.88. The van der Waals surface area contributed by atoms with Crippen LogP contribution >= 0.6 is 0 Å². The van der Waals surface area contributed by atoms with Crippen LogP contribution in [0, 0.1) is 0 Å². The summed E-state index contributed by atoms with van der Waals surface area (Å²) in [5.74, 6) is 0. The molecule has 0 bridgehead atoms. The predicted molar refractivity (Wildman–Crippen MR) is 75.7 cm³/mol. The minimum atomic E-state index is -0.384. The molecular formula is C13H22BN3O2. The summed E-state index contributed by atoms with van der Waals surface area (Å²) in [6.07, 6.45) is 4.51. The van der Waals surface area contributed by atoms with Crippen molar-refractivity contribution in [2.45, 2.75) is 25.9 Å². The highest BCUT2D eigenvalue weighted by atomic mass is 16.5. The monoisotopic (exact) mass is 263 g/mol. The van der Waals surface area contributed by atoms with Crippen molar-refractivity contribution in [3.8, 4) is 0 Å². The van der Waals surface area contributed by atoms with Crippen LogP contribution in [0.25, 0.3) is 0 Å². The molecule has 2 rings (SSSR count). The van der Waals surface area contributed by atoms with Crippen LogP contribution < -0.4 is 5.32 Å². The molecule has 1 atom stereocenters. The molecule has 1 aromatic rings. The second kappa shape index (κ2) is 7.60. The summed E-state index contributed by atoms with van der Waals surface area (Å²) in [5, 5.41) is 13.1. The quantitative estimate of drug-likeness (QED) is 0.573.